The van der Waals surface area contributed by atoms with Crippen LogP contribution in [0.15, 0.2) is 28.0 Å². The van der Waals surface area contributed by atoms with Crippen molar-refractivity contribution in [1.29, 1.82) is 0 Å². The van der Waals surface area contributed by atoms with Crippen LogP contribution in [0.3, 0.4) is 0 Å². The summed E-state index contributed by atoms with van der Waals surface area (Å²) in [5.41, 5.74) is 0. The molecule has 0 radical (unpaired) electrons. The first kappa shape index (κ1) is 19.1. The summed E-state index contributed by atoms with van der Waals surface area (Å²) in [5, 5.41) is -0.0843. The summed E-state index contributed by atoms with van der Waals surface area (Å²) in [6.07, 6.45) is 2.52. The largest absolute Gasteiger partial charge is 0.245 e. The van der Waals surface area contributed by atoms with E-state index in [1.165, 1.54) is 16.4 Å². The molecule has 1 aliphatic carbocycles. The van der Waals surface area contributed by atoms with Gasteiger partial charge in [0.15, 0.2) is 19.7 Å². The van der Waals surface area contributed by atoms with Crippen molar-refractivity contribution in [2.24, 2.45) is 0 Å². The van der Waals surface area contributed by atoms with Gasteiger partial charge in [0.2, 0.25) is 10.0 Å². The van der Waals surface area contributed by atoms with E-state index in [4.69, 9.17) is 11.6 Å². The highest BCUT2D eigenvalue weighted by molar-refractivity contribution is 7.92. The quantitative estimate of drug-likeness (QED) is 0.696. The van der Waals surface area contributed by atoms with Crippen LogP contribution in [0.5, 0.6) is 0 Å². The van der Waals surface area contributed by atoms with Crippen LogP contribution in [-0.4, -0.2) is 59.4 Å². The van der Waals surface area contributed by atoms with Gasteiger partial charge in [-0.15, -0.1) is 0 Å². The van der Waals surface area contributed by atoms with Gasteiger partial charge in [-0.2, -0.15) is 4.31 Å². The number of rotatable bonds is 5. The highest BCUT2D eigenvalue weighted by atomic mass is 35.5. The number of benzene rings is 1. The van der Waals surface area contributed by atoms with Crippen molar-refractivity contribution in [2.45, 2.75) is 41.1 Å². The zero-order valence-corrected chi connectivity index (χ0v) is 16.6. The molecule has 140 valence electrons. The van der Waals surface area contributed by atoms with Crippen LogP contribution in [-0.2, 0) is 29.7 Å². The maximum Gasteiger partial charge on any atom is 0.245 e. The second-order valence-electron chi connectivity index (χ2n) is 6.49. The van der Waals surface area contributed by atoms with E-state index in [0.29, 0.717) is 12.8 Å². The molecule has 1 aromatic carbocycles. The van der Waals surface area contributed by atoms with Crippen molar-refractivity contribution in [3.63, 3.8) is 0 Å². The molecule has 0 spiro atoms. The lowest BCUT2D eigenvalue weighted by molar-refractivity contribution is 0.332. The molecule has 0 amide bonds. The average Bonchev–Trinajstić information content (AvgIpc) is 3.21. The molecule has 25 heavy (non-hydrogen) atoms. The van der Waals surface area contributed by atoms with Gasteiger partial charge in [0, 0.05) is 18.3 Å². The smallest absolute Gasteiger partial charge is 0.229 e. The minimum atomic E-state index is -4.11. The van der Waals surface area contributed by atoms with E-state index in [1.54, 1.807) is 0 Å². The topological polar surface area (TPSA) is 106 Å². The van der Waals surface area contributed by atoms with Crippen molar-refractivity contribution in [3.8, 4) is 0 Å². The second kappa shape index (κ2) is 6.19. The van der Waals surface area contributed by atoms with E-state index in [9.17, 15) is 25.3 Å². The summed E-state index contributed by atoms with van der Waals surface area (Å²) >= 11 is 6.04. The first-order valence-corrected chi connectivity index (χ1v) is 13.2. The molecule has 0 N–H and O–H groups in total. The first-order valence-electron chi connectivity index (χ1n) is 7.65. The highest BCUT2D eigenvalue weighted by Gasteiger charge is 2.46. The third kappa shape index (κ3) is 3.87. The SMILES string of the molecule is CS(=O)(=O)c1ccc(Cl)c(S(=O)(=O)N(C2CC2)C2CCS(=O)(=O)C2)c1. The van der Waals surface area contributed by atoms with Gasteiger partial charge in [-0.25, -0.2) is 25.3 Å². The van der Waals surface area contributed by atoms with Crippen molar-refractivity contribution < 1.29 is 25.3 Å². The van der Waals surface area contributed by atoms with E-state index >= 15 is 0 Å². The number of hydrogen-bond acceptors (Lipinski definition) is 6. The van der Waals surface area contributed by atoms with Gasteiger partial charge in [-0.3, -0.25) is 0 Å². The Morgan fingerprint density at radius 3 is 2.20 bits per heavy atom. The van der Waals surface area contributed by atoms with Gasteiger partial charge < -0.3 is 0 Å². The third-order valence-electron chi connectivity index (χ3n) is 4.36. The molecule has 1 aliphatic heterocycles. The molecule has 7 nitrogen and oxygen atoms in total. The van der Waals surface area contributed by atoms with Crippen molar-refractivity contribution >= 4 is 41.3 Å². The van der Waals surface area contributed by atoms with Gasteiger partial charge >= 0.3 is 0 Å². The lowest BCUT2D eigenvalue weighted by Gasteiger charge is -2.27. The number of sulfone groups is 2. The van der Waals surface area contributed by atoms with Gasteiger partial charge in [-0.1, -0.05) is 11.6 Å². The van der Waals surface area contributed by atoms with Crippen LogP contribution < -0.4 is 0 Å². The summed E-state index contributed by atoms with van der Waals surface area (Å²) in [6, 6.07) is 2.63. The standard InChI is InChI=1S/C14H18ClNO6S3/c1-23(17,18)12-4-5-13(15)14(8-12)25(21,22)16(10-2-3-10)11-6-7-24(19,20)9-11/h4-5,8,10-11H,2-3,6-7,9H2,1H3. The summed E-state index contributed by atoms with van der Waals surface area (Å²) < 4.78 is 74.6. The lowest BCUT2D eigenvalue weighted by Crippen LogP contribution is -2.42. The first-order chi connectivity index (χ1) is 11.4. The Kier molecular flexibility index (Phi) is 4.73. The second-order valence-corrected chi connectivity index (χ2v) is 13.0. The molecule has 1 atom stereocenters. The summed E-state index contributed by atoms with van der Waals surface area (Å²) in [4.78, 5) is -0.446. The van der Waals surface area contributed by atoms with Crippen LogP contribution >= 0.6 is 11.6 Å². The molecule has 11 heteroatoms. The predicted molar refractivity (Wildman–Crippen MR) is 93.7 cm³/mol. The Labute approximate surface area is 152 Å². The average molecular weight is 428 g/mol. The third-order valence-corrected chi connectivity index (χ3v) is 9.71. The van der Waals surface area contributed by atoms with Crippen LogP contribution in [0, 0.1) is 0 Å². The number of hydrogen-bond donors (Lipinski definition) is 0. The molecule has 1 unspecified atom stereocenters. The number of halogens is 1. The zero-order valence-electron chi connectivity index (χ0n) is 13.4. The molecule has 0 aromatic heterocycles. The van der Waals surface area contributed by atoms with Gasteiger partial charge in [0.1, 0.15) is 4.90 Å². The molecule has 3 rings (SSSR count). The molecule has 1 heterocycles. The minimum Gasteiger partial charge on any atom is -0.229 e. The van der Waals surface area contributed by atoms with Gasteiger partial charge in [-0.05, 0) is 37.5 Å². The molecule has 1 saturated carbocycles. The van der Waals surface area contributed by atoms with Crippen molar-refractivity contribution in [2.75, 3.05) is 17.8 Å². The van der Waals surface area contributed by atoms with Crippen molar-refractivity contribution in [1.82, 2.24) is 4.31 Å². The van der Waals surface area contributed by atoms with Crippen LogP contribution in [0.4, 0.5) is 0 Å². The Hall–Kier alpha value is -0.680. The molecular formula is C14H18ClNO6S3. The van der Waals surface area contributed by atoms with Gasteiger partial charge in [0.05, 0.1) is 21.4 Å². The summed E-state index contributed by atoms with van der Waals surface area (Å²) in [6.45, 7) is 0. The Bertz CT molecular complexity index is 1010. The Morgan fingerprint density at radius 2 is 1.72 bits per heavy atom. The van der Waals surface area contributed by atoms with Crippen LogP contribution in [0.1, 0.15) is 19.3 Å². The molecule has 1 saturated heterocycles. The van der Waals surface area contributed by atoms with Gasteiger partial charge in [0.25, 0.3) is 0 Å². The summed E-state index contributed by atoms with van der Waals surface area (Å²) in [7, 11) is -11.0. The number of nitrogens with zero attached hydrogens (tertiary/aromatic N) is 1. The van der Waals surface area contributed by atoms with E-state index in [1.807, 2.05) is 0 Å². The zero-order chi connectivity index (χ0) is 18.6. The molecule has 0 bridgehead atoms. The highest BCUT2D eigenvalue weighted by Crippen LogP contribution is 2.39. The summed E-state index contributed by atoms with van der Waals surface area (Å²) in [5.74, 6) is -0.264. The number of sulfonamides is 1. The van der Waals surface area contributed by atoms with E-state index in [2.05, 4.69) is 0 Å². The molecular weight excluding hydrogens is 410 g/mol. The fraction of sp³-hybridized carbons (Fsp3) is 0.571. The maximum atomic E-state index is 13.2. The van der Waals surface area contributed by atoms with E-state index in [-0.39, 0.29) is 38.8 Å². The monoisotopic (exact) mass is 427 g/mol. The molecule has 2 fully saturated rings. The maximum absolute atomic E-state index is 13.2. The predicted octanol–water partition coefficient (Wildman–Crippen LogP) is 1.08. The van der Waals surface area contributed by atoms with E-state index in [0.717, 1.165) is 12.3 Å². The normalized spacial score (nSPS) is 23.9. The molecule has 2 aliphatic rings. The molecule has 1 aromatic rings. The van der Waals surface area contributed by atoms with Crippen LogP contribution in [0.2, 0.25) is 5.02 Å². The van der Waals surface area contributed by atoms with E-state index < -0.39 is 35.7 Å². The fourth-order valence-corrected chi connectivity index (χ4v) is 7.95. The lowest BCUT2D eigenvalue weighted by atomic mass is 10.2. The fourth-order valence-electron chi connectivity index (χ4n) is 3.02. The van der Waals surface area contributed by atoms with Crippen LogP contribution in [0.25, 0.3) is 0 Å². The van der Waals surface area contributed by atoms with Crippen molar-refractivity contribution in [3.05, 3.63) is 23.2 Å². The Morgan fingerprint density at radius 1 is 1.08 bits per heavy atom. The minimum absolute atomic E-state index is 0.0481. The Balaban J connectivity index is 2.08.